The summed E-state index contributed by atoms with van der Waals surface area (Å²) < 4.78 is 0. The minimum Gasteiger partial charge on any atom is -0.306 e. The lowest BCUT2D eigenvalue weighted by Gasteiger charge is -2.29. The molecular weight excluding hydrogens is 484 g/mol. The molecule has 1 aromatic heterocycles. The van der Waals surface area contributed by atoms with Crippen LogP contribution in [-0.4, -0.2) is 55.9 Å². The first-order valence-electron chi connectivity index (χ1n) is 15.2. The number of ketones is 1. The Bertz CT molecular complexity index is 1030. The smallest absolute Gasteiger partial charge is 0.135 e. The molecule has 0 aliphatic carbocycles. The number of carbonyl (C=O) groups is 1. The third-order valence-corrected chi connectivity index (χ3v) is 9.87. The van der Waals surface area contributed by atoms with E-state index in [9.17, 15) is 4.79 Å². The SMILES string of the molecule is CC(C)CC(CCCC1CCN(C)CC1)C(=O)CCCc1ccc(-c2ccc(C3=CCN(C)CC3)cc2)s1. The highest BCUT2D eigenvalue weighted by Gasteiger charge is 2.21. The third-order valence-electron chi connectivity index (χ3n) is 8.67. The Labute approximate surface area is 236 Å². The van der Waals surface area contributed by atoms with E-state index in [1.165, 1.54) is 65.2 Å². The fourth-order valence-corrected chi connectivity index (χ4v) is 7.23. The number of carbonyl (C=O) groups excluding carboxylic acids is 1. The standard InChI is InChI=1S/C34H50N2OS/c1-26(2)25-31(8-5-7-27-17-21-35(3)22-18-27)33(37)10-6-9-32-15-16-34(38-32)30-13-11-28(12-14-30)29-19-23-36(4)24-20-29/h11-16,19,26-27,31H,5-10,17-18,20-25H2,1-4H3. The predicted octanol–water partition coefficient (Wildman–Crippen LogP) is 8.20. The molecule has 1 atom stereocenters. The molecule has 208 valence electrons. The van der Waals surface area contributed by atoms with Gasteiger partial charge in [0.05, 0.1) is 0 Å². The number of rotatable bonds is 13. The molecule has 1 fully saturated rings. The summed E-state index contributed by atoms with van der Waals surface area (Å²) in [5, 5.41) is 0. The molecule has 1 unspecified atom stereocenters. The van der Waals surface area contributed by atoms with E-state index in [1.807, 2.05) is 11.3 Å². The molecule has 4 heteroatoms. The second kappa shape index (κ2) is 14.6. The summed E-state index contributed by atoms with van der Waals surface area (Å²) in [5.74, 6) is 2.24. The van der Waals surface area contributed by atoms with Gasteiger partial charge in [0.2, 0.25) is 0 Å². The first-order valence-corrected chi connectivity index (χ1v) is 16.0. The average molecular weight is 535 g/mol. The highest BCUT2D eigenvalue weighted by atomic mass is 32.1. The summed E-state index contributed by atoms with van der Waals surface area (Å²) in [6.07, 6.45) is 13.6. The number of likely N-dealkylation sites (tertiary alicyclic amines) is 1. The van der Waals surface area contributed by atoms with Crippen LogP contribution in [0.4, 0.5) is 0 Å². The normalized spacial score (nSPS) is 18.6. The van der Waals surface area contributed by atoms with Crippen LogP contribution in [0, 0.1) is 17.8 Å². The second-order valence-corrected chi connectivity index (χ2v) is 13.6. The highest BCUT2D eigenvalue weighted by molar-refractivity contribution is 7.15. The Morgan fingerprint density at radius 1 is 0.947 bits per heavy atom. The Hall–Kier alpha value is -1.75. The van der Waals surface area contributed by atoms with Crippen molar-refractivity contribution in [1.29, 1.82) is 0 Å². The summed E-state index contributed by atoms with van der Waals surface area (Å²) in [6, 6.07) is 13.6. The van der Waals surface area contributed by atoms with Crippen molar-refractivity contribution in [2.75, 3.05) is 40.3 Å². The van der Waals surface area contributed by atoms with E-state index in [2.05, 4.69) is 80.2 Å². The molecule has 4 rings (SSSR count). The second-order valence-electron chi connectivity index (χ2n) is 12.4. The van der Waals surface area contributed by atoms with Crippen molar-refractivity contribution in [3.05, 3.63) is 52.9 Å². The van der Waals surface area contributed by atoms with Crippen LogP contribution < -0.4 is 0 Å². The maximum absolute atomic E-state index is 13.2. The van der Waals surface area contributed by atoms with Crippen LogP contribution in [0.15, 0.2) is 42.5 Å². The van der Waals surface area contributed by atoms with E-state index in [4.69, 9.17) is 0 Å². The van der Waals surface area contributed by atoms with Crippen LogP contribution in [0.5, 0.6) is 0 Å². The molecule has 0 spiro atoms. The molecule has 0 bridgehead atoms. The quantitative estimate of drug-likeness (QED) is 0.259. The molecule has 0 saturated carbocycles. The monoisotopic (exact) mass is 534 g/mol. The molecule has 3 heterocycles. The molecule has 38 heavy (non-hydrogen) atoms. The van der Waals surface area contributed by atoms with Gasteiger partial charge in [0.15, 0.2) is 0 Å². The molecule has 1 aromatic carbocycles. The largest absolute Gasteiger partial charge is 0.306 e. The lowest BCUT2D eigenvalue weighted by Crippen LogP contribution is -2.30. The van der Waals surface area contributed by atoms with E-state index in [0.717, 1.165) is 57.5 Å². The lowest BCUT2D eigenvalue weighted by molar-refractivity contribution is -0.123. The van der Waals surface area contributed by atoms with E-state index in [0.29, 0.717) is 11.7 Å². The molecule has 2 aliphatic heterocycles. The van der Waals surface area contributed by atoms with E-state index < -0.39 is 0 Å². The van der Waals surface area contributed by atoms with Crippen molar-refractivity contribution < 1.29 is 4.79 Å². The topological polar surface area (TPSA) is 23.6 Å². The number of nitrogens with zero attached hydrogens (tertiary/aromatic N) is 2. The van der Waals surface area contributed by atoms with Gasteiger partial charge in [-0.3, -0.25) is 4.79 Å². The molecule has 2 aliphatic rings. The van der Waals surface area contributed by atoms with Crippen LogP contribution in [0.2, 0.25) is 0 Å². The molecule has 2 aromatic rings. The number of benzene rings is 1. The van der Waals surface area contributed by atoms with Crippen molar-refractivity contribution in [3.63, 3.8) is 0 Å². The molecule has 0 radical (unpaired) electrons. The van der Waals surface area contributed by atoms with Gasteiger partial charge in [-0.1, -0.05) is 57.0 Å². The summed E-state index contributed by atoms with van der Waals surface area (Å²) in [5.41, 5.74) is 4.14. The number of piperidine rings is 1. The van der Waals surface area contributed by atoms with Crippen LogP contribution in [0.1, 0.15) is 82.1 Å². The van der Waals surface area contributed by atoms with Crippen LogP contribution in [-0.2, 0) is 11.2 Å². The van der Waals surface area contributed by atoms with Crippen molar-refractivity contribution >= 4 is 22.7 Å². The Morgan fingerprint density at radius 3 is 2.37 bits per heavy atom. The molecule has 0 N–H and O–H groups in total. The summed E-state index contributed by atoms with van der Waals surface area (Å²) in [4.78, 5) is 20.7. The van der Waals surface area contributed by atoms with Gasteiger partial charge in [0.25, 0.3) is 0 Å². The maximum atomic E-state index is 13.2. The van der Waals surface area contributed by atoms with Crippen LogP contribution in [0.25, 0.3) is 16.0 Å². The number of thiophene rings is 1. The van der Waals surface area contributed by atoms with Crippen molar-refractivity contribution in [3.8, 4) is 10.4 Å². The maximum Gasteiger partial charge on any atom is 0.135 e. The van der Waals surface area contributed by atoms with Crippen LogP contribution in [0.3, 0.4) is 0 Å². The Kier molecular flexibility index (Phi) is 11.2. The summed E-state index contributed by atoms with van der Waals surface area (Å²) >= 11 is 1.89. The Balaban J connectivity index is 1.22. The Morgan fingerprint density at radius 2 is 1.68 bits per heavy atom. The highest BCUT2D eigenvalue weighted by Crippen LogP contribution is 2.32. The van der Waals surface area contributed by atoms with Crippen molar-refractivity contribution in [2.24, 2.45) is 17.8 Å². The third kappa shape index (κ3) is 8.89. The molecular formula is C34H50N2OS. The number of aryl methyl sites for hydroxylation is 1. The van der Waals surface area contributed by atoms with Gasteiger partial charge < -0.3 is 9.80 Å². The fourth-order valence-electron chi connectivity index (χ4n) is 6.17. The van der Waals surface area contributed by atoms with Crippen molar-refractivity contribution in [2.45, 2.75) is 78.1 Å². The average Bonchev–Trinajstić information content (AvgIpc) is 3.38. The first-order chi connectivity index (χ1) is 18.4. The van der Waals surface area contributed by atoms with E-state index >= 15 is 0 Å². The zero-order valence-electron chi connectivity index (χ0n) is 24.4. The zero-order chi connectivity index (χ0) is 26.9. The number of Topliss-reactive ketones (excluding diaryl/α,β-unsaturated/α-hetero) is 1. The van der Waals surface area contributed by atoms with Gasteiger partial charge in [0.1, 0.15) is 5.78 Å². The van der Waals surface area contributed by atoms with Gasteiger partial charge in [-0.15, -0.1) is 11.3 Å². The molecule has 1 saturated heterocycles. The van der Waals surface area contributed by atoms with Crippen LogP contribution >= 0.6 is 11.3 Å². The fraction of sp³-hybridized carbons (Fsp3) is 0.618. The number of hydrogen-bond acceptors (Lipinski definition) is 4. The van der Waals surface area contributed by atoms with Gasteiger partial charge >= 0.3 is 0 Å². The summed E-state index contributed by atoms with van der Waals surface area (Å²) in [6.45, 7) is 9.20. The predicted molar refractivity (Wildman–Crippen MR) is 165 cm³/mol. The summed E-state index contributed by atoms with van der Waals surface area (Å²) in [7, 11) is 4.42. The minimum absolute atomic E-state index is 0.262. The van der Waals surface area contributed by atoms with E-state index in [-0.39, 0.29) is 5.92 Å². The molecule has 3 nitrogen and oxygen atoms in total. The number of hydrogen-bond donors (Lipinski definition) is 0. The van der Waals surface area contributed by atoms with Crippen molar-refractivity contribution in [1.82, 2.24) is 9.80 Å². The minimum atomic E-state index is 0.262. The lowest BCUT2D eigenvalue weighted by atomic mass is 9.84. The van der Waals surface area contributed by atoms with Gasteiger partial charge in [-0.2, -0.15) is 0 Å². The molecule has 0 amide bonds. The van der Waals surface area contributed by atoms with E-state index in [1.54, 1.807) is 0 Å². The van der Waals surface area contributed by atoms with Gasteiger partial charge in [0, 0.05) is 35.2 Å². The first kappa shape index (κ1) is 29.2. The number of likely N-dealkylation sites (N-methyl/N-ethyl adjacent to an activating group) is 1. The zero-order valence-corrected chi connectivity index (χ0v) is 25.2. The van der Waals surface area contributed by atoms with Gasteiger partial charge in [-0.25, -0.2) is 0 Å². The van der Waals surface area contributed by atoms with Gasteiger partial charge in [-0.05, 0) is 113 Å².